The van der Waals surface area contributed by atoms with Crippen molar-refractivity contribution < 1.29 is 114 Å². The van der Waals surface area contributed by atoms with E-state index < -0.39 is 101 Å². The molecule has 0 fully saturated rings. The molecule has 0 aliphatic carbocycles. The van der Waals surface area contributed by atoms with Crippen LogP contribution in [0.5, 0.6) is 0 Å². The maximum atomic E-state index is 14.5. The number of hydrogen-bond acceptors (Lipinski definition) is 0. The van der Waals surface area contributed by atoms with Gasteiger partial charge in [0.25, 0.3) is 0 Å². The van der Waals surface area contributed by atoms with Crippen LogP contribution in [-0.2, 0) is 11.8 Å². The summed E-state index contributed by atoms with van der Waals surface area (Å²) in [7, 11) is -2.29. The van der Waals surface area contributed by atoms with E-state index in [1.54, 1.807) is 0 Å². The van der Waals surface area contributed by atoms with E-state index in [1.165, 1.54) is 0 Å². The standard InChI is InChI=1S/C26H13F26P/c1-2-53(13-7-3-11(4-8-13)15(27,28)17(31,32)19(35,36)21(39,40)23(43,44)25(47,48)49)14-9-5-12(6-10-14)16(29,30)18(33,34)20(37,38)22(41,42)24(45,46)26(50,51)52/h3-10H,2H2,1H3. The van der Waals surface area contributed by atoms with Gasteiger partial charge in [0.2, 0.25) is 0 Å². The van der Waals surface area contributed by atoms with Gasteiger partial charge in [-0.25, -0.2) is 0 Å². The molecular weight excluding hydrogens is 837 g/mol. The van der Waals surface area contributed by atoms with E-state index in [0.717, 1.165) is 6.92 Å². The second-order valence-electron chi connectivity index (χ2n) is 10.6. The minimum absolute atomic E-state index is 0.271. The van der Waals surface area contributed by atoms with Gasteiger partial charge >= 0.3 is 71.6 Å². The van der Waals surface area contributed by atoms with E-state index in [0.29, 0.717) is 0 Å². The fourth-order valence-electron chi connectivity index (χ4n) is 4.12. The molecule has 0 spiro atoms. The molecule has 2 aromatic rings. The second kappa shape index (κ2) is 13.1. The number of halogens is 26. The molecule has 0 aromatic heterocycles. The summed E-state index contributed by atoms with van der Waals surface area (Å²) in [5, 5.41) is -0.895. The molecule has 0 nitrogen and oxygen atoms in total. The first kappa shape index (κ1) is 46.2. The van der Waals surface area contributed by atoms with Crippen molar-refractivity contribution in [1.29, 1.82) is 0 Å². The van der Waals surface area contributed by atoms with E-state index in [1.807, 2.05) is 0 Å². The third kappa shape index (κ3) is 6.52. The smallest absolute Gasteiger partial charge is 0.194 e. The highest BCUT2D eigenvalue weighted by Gasteiger charge is 2.92. The quantitative estimate of drug-likeness (QED) is 0.139. The van der Waals surface area contributed by atoms with Crippen molar-refractivity contribution in [2.45, 2.75) is 78.5 Å². The summed E-state index contributed by atoms with van der Waals surface area (Å²) in [6, 6.07) is 0.00665. The van der Waals surface area contributed by atoms with Gasteiger partial charge in [0.15, 0.2) is 0 Å². The Morgan fingerprint density at radius 1 is 0.321 bits per heavy atom. The molecule has 0 bridgehead atoms. The predicted molar refractivity (Wildman–Crippen MR) is 129 cm³/mol. The lowest BCUT2D eigenvalue weighted by Crippen LogP contribution is -2.69. The molecular formula is C26H13F26P. The summed E-state index contributed by atoms with van der Waals surface area (Å²) in [6.45, 7) is 1.14. The fourth-order valence-corrected chi connectivity index (χ4v) is 6.16. The number of alkyl halides is 26. The van der Waals surface area contributed by atoms with Crippen molar-refractivity contribution in [1.82, 2.24) is 0 Å². The number of rotatable bonds is 13. The average Bonchev–Trinajstić information content (AvgIpc) is 3.00. The third-order valence-corrected chi connectivity index (χ3v) is 9.74. The molecule has 0 saturated carbocycles. The van der Waals surface area contributed by atoms with Crippen LogP contribution in [0.1, 0.15) is 18.1 Å². The van der Waals surface area contributed by atoms with Gasteiger partial charge in [0.1, 0.15) is 0 Å². The number of benzene rings is 2. The normalized spacial score (nSPS) is 15.7. The van der Waals surface area contributed by atoms with E-state index in [9.17, 15) is 114 Å². The Bertz CT molecular complexity index is 1470. The van der Waals surface area contributed by atoms with Crippen LogP contribution < -0.4 is 10.6 Å². The maximum Gasteiger partial charge on any atom is 0.460 e. The molecule has 0 atom stereocenters. The highest BCUT2D eigenvalue weighted by Crippen LogP contribution is 2.63. The van der Waals surface area contributed by atoms with Crippen molar-refractivity contribution >= 4 is 18.5 Å². The highest BCUT2D eigenvalue weighted by atomic mass is 31.1. The molecule has 0 aliphatic heterocycles. The molecule has 0 unspecified atom stereocenters. The largest absolute Gasteiger partial charge is 0.460 e. The maximum absolute atomic E-state index is 14.5. The van der Waals surface area contributed by atoms with Crippen molar-refractivity contribution in [3.63, 3.8) is 0 Å². The molecule has 2 rings (SSSR count). The first-order chi connectivity index (χ1) is 23.1. The summed E-state index contributed by atoms with van der Waals surface area (Å²) in [5.41, 5.74) is -4.84. The summed E-state index contributed by atoms with van der Waals surface area (Å²) >= 11 is 0. The Morgan fingerprint density at radius 3 is 0.717 bits per heavy atom. The highest BCUT2D eigenvalue weighted by molar-refractivity contribution is 7.72. The van der Waals surface area contributed by atoms with Crippen molar-refractivity contribution in [3.05, 3.63) is 59.7 Å². The lowest BCUT2D eigenvalue weighted by Gasteiger charge is -2.39. The van der Waals surface area contributed by atoms with Gasteiger partial charge in [-0.1, -0.05) is 55.5 Å². The zero-order valence-electron chi connectivity index (χ0n) is 24.6. The van der Waals surface area contributed by atoms with Gasteiger partial charge in [0, 0.05) is 11.1 Å². The lowest BCUT2D eigenvalue weighted by molar-refractivity contribution is -0.441. The van der Waals surface area contributed by atoms with Crippen molar-refractivity contribution in [2.24, 2.45) is 0 Å². The van der Waals surface area contributed by atoms with Crippen molar-refractivity contribution in [3.8, 4) is 0 Å². The Balaban J connectivity index is 2.52. The lowest BCUT2D eigenvalue weighted by atomic mass is 9.90. The zero-order chi connectivity index (χ0) is 42.3. The van der Waals surface area contributed by atoms with Crippen LogP contribution in [0.2, 0.25) is 0 Å². The van der Waals surface area contributed by atoms with Gasteiger partial charge < -0.3 is 0 Å². The van der Waals surface area contributed by atoms with E-state index in [4.69, 9.17) is 0 Å². The van der Waals surface area contributed by atoms with Gasteiger partial charge in [-0.05, 0) is 24.7 Å². The minimum atomic E-state index is -8.19. The van der Waals surface area contributed by atoms with Crippen LogP contribution >= 0.6 is 7.92 Å². The minimum Gasteiger partial charge on any atom is -0.194 e. The van der Waals surface area contributed by atoms with Crippen LogP contribution in [-0.4, -0.2) is 65.9 Å². The molecule has 304 valence electrons. The Kier molecular flexibility index (Phi) is 11.4. The SMILES string of the molecule is CCP(c1ccc(C(F)(F)C(F)(F)C(F)(F)C(F)(F)C(F)(F)C(F)(F)F)cc1)c1ccc(C(F)(F)C(F)(F)C(F)(F)C(F)(F)C(F)(F)C(F)(F)F)cc1. The van der Waals surface area contributed by atoms with Gasteiger partial charge in [-0.2, -0.15) is 114 Å². The molecule has 0 aliphatic rings. The summed E-state index contributed by atoms with van der Waals surface area (Å²) in [5.74, 6) is -77.4. The van der Waals surface area contributed by atoms with Gasteiger partial charge in [-0.15, -0.1) is 0 Å². The molecule has 0 radical (unpaired) electrons. The topological polar surface area (TPSA) is 0 Å². The van der Waals surface area contributed by atoms with Crippen LogP contribution in [0.3, 0.4) is 0 Å². The van der Waals surface area contributed by atoms with Crippen molar-refractivity contribution in [2.75, 3.05) is 6.16 Å². The third-order valence-electron chi connectivity index (χ3n) is 7.27. The monoisotopic (exact) mass is 850 g/mol. The second-order valence-corrected chi connectivity index (χ2v) is 13.1. The molecule has 0 heterocycles. The molecule has 2 aromatic carbocycles. The first-order valence-electron chi connectivity index (χ1n) is 13.0. The Hall–Kier alpha value is -2.95. The van der Waals surface area contributed by atoms with Crippen LogP contribution in [0.25, 0.3) is 0 Å². The van der Waals surface area contributed by atoms with E-state index in [-0.39, 0.29) is 54.7 Å². The Labute approximate surface area is 277 Å². The van der Waals surface area contributed by atoms with Crippen LogP contribution in [0, 0.1) is 0 Å². The van der Waals surface area contributed by atoms with E-state index >= 15 is 0 Å². The first-order valence-corrected chi connectivity index (χ1v) is 14.6. The predicted octanol–water partition coefficient (Wildman–Crippen LogP) is 11.5. The van der Waals surface area contributed by atoms with E-state index in [2.05, 4.69) is 0 Å². The fraction of sp³-hybridized carbons (Fsp3) is 0.538. The number of hydrogen-bond donors (Lipinski definition) is 0. The molecule has 0 saturated heterocycles. The van der Waals surface area contributed by atoms with Crippen LogP contribution in [0.4, 0.5) is 114 Å². The average molecular weight is 850 g/mol. The molecule has 0 N–H and O–H groups in total. The Morgan fingerprint density at radius 2 is 0.528 bits per heavy atom. The van der Waals surface area contributed by atoms with Gasteiger partial charge in [-0.3, -0.25) is 0 Å². The summed E-state index contributed by atoms with van der Waals surface area (Å²) in [4.78, 5) is 0. The molecule has 0 amide bonds. The van der Waals surface area contributed by atoms with Gasteiger partial charge in [0.05, 0.1) is 0 Å². The molecule has 53 heavy (non-hydrogen) atoms. The summed E-state index contributed by atoms with van der Waals surface area (Å²) in [6.07, 6.45) is -15.7. The van der Waals surface area contributed by atoms with Crippen LogP contribution in [0.15, 0.2) is 48.5 Å². The summed E-state index contributed by atoms with van der Waals surface area (Å²) < 4.78 is 350. The molecule has 27 heteroatoms. The zero-order valence-corrected chi connectivity index (χ0v) is 25.5.